The predicted octanol–water partition coefficient (Wildman–Crippen LogP) is 2.45. The summed E-state index contributed by atoms with van der Waals surface area (Å²) < 4.78 is 0. The Bertz CT molecular complexity index is 437. The molecule has 1 unspecified atom stereocenters. The van der Waals surface area contributed by atoms with E-state index in [0.29, 0.717) is 0 Å². The van der Waals surface area contributed by atoms with Gasteiger partial charge < -0.3 is 0 Å². The minimum absolute atomic E-state index is 0.395. The van der Waals surface area contributed by atoms with Gasteiger partial charge in [0.05, 0.1) is 0 Å². The minimum Gasteiger partial charge on any atom is -0.299 e. The number of fused-ring (bicyclic) bond motifs is 2. The minimum atomic E-state index is -0.575. The lowest BCUT2D eigenvalue weighted by molar-refractivity contribution is -0.239. The molecule has 1 aliphatic heterocycles. The lowest BCUT2D eigenvalue weighted by atomic mass is 10.1. The van der Waals surface area contributed by atoms with Crippen LogP contribution in [0.4, 0.5) is 0 Å². The fraction of sp³-hybridized carbons (Fsp3) is 0.625. The highest BCUT2D eigenvalue weighted by Crippen LogP contribution is 2.12. The van der Waals surface area contributed by atoms with Gasteiger partial charge in [0.1, 0.15) is 6.04 Å². The van der Waals surface area contributed by atoms with Crippen LogP contribution in [0, 0.1) is 0 Å². The molecule has 2 heterocycles. The van der Waals surface area contributed by atoms with Gasteiger partial charge in [0.2, 0.25) is 0 Å². The van der Waals surface area contributed by atoms with Crippen LogP contribution < -0.4 is 0 Å². The quantitative estimate of drug-likeness (QED) is 0.670. The number of aromatic nitrogens is 1. The van der Waals surface area contributed by atoms with Crippen molar-refractivity contribution in [2.75, 3.05) is 13.1 Å². The molecule has 2 bridgehead atoms. The molecule has 1 aromatic rings. The predicted molar refractivity (Wildman–Crippen MR) is 79.9 cm³/mol. The summed E-state index contributed by atoms with van der Waals surface area (Å²) in [6, 6.07) is 5.86. The number of hydrogen-bond acceptors (Lipinski definition) is 5. The highest BCUT2D eigenvalue weighted by molar-refractivity contribution is 5.74. The highest BCUT2D eigenvalue weighted by atomic mass is 17.1. The number of carbonyl (C=O) groups excluding carboxylic acids is 1. The maximum atomic E-state index is 11.5. The Morgan fingerprint density at radius 1 is 1.19 bits per heavy atom. The molecule has 1 atom stereocenters. The first-order chi connectivity index (χ1) is 10.2. The average molecular weight is 292 g/mol. The Morgan fingerprint density at radius 2 is 1.76 bits per heavy atom. The Kier molecular flexibility index (Phi) is 6.14. The number of rotatable bonds is 2. The molecule has 0 amide bonds. The molecule has 0 spiro atoms. The van der Waals surface area contributed by atoms with E-state index in [2.05, 4.69) is 33.0 Å². The maximum absolute atomic E-state index is 11.5. The van der Waals surface area contributed by atoms with Gasteiger partial charge in [0.15, 0.2) is 0 Å². The average Bonchev–Trinajstić information content (AvgIpc) is 2.51. The molecule has 1 N–H and O–H groups in total. The van der Waals surface area contributed by atoms with Crippen LogP contribution in [0.15, 0.2) is 18.2 Å². The molecule has 2 rings (SSSR count). The first-order valence-corrected chi connectivity index (χ1v) is 7.75. The van der Waals surface area contributed by atoms with Gasteiger partial charge in [0.25, 0.3) is 0 Å². The zero-order chi connectivity index (χ0) is 15.1. The van der Waals surface area contributed by atoms with Crippen LogP contribution in [0.5, 0.6) is 0 Å². The van der Waals surface area contributed by atoms with Gasteiger partial charge in [-0.05, 0) is 70.7 Å². The normalized spacial score (nSPS) is 19.1. The summed E-state index contributed by atoms with van der Waals surface area (Å²) in [5.74, 6) is -0.575. The van der Waals surface area contributed by atoms with Crippen molar-refractivity contribution in [3.8, 4) is 0 Å². The molecule has 1 aromatic heterocycles. The maximum Gasteiger partial charge on any atom is 0.358 e. The van der Waals surface area contributed by atoms with Crippen LogP contribution in [0.25, 0.3) is 0 Å². The van der Waals surface area contributed by atoms with Gasteiger partial charge in [-0.3, -0.25) is 14.8 Å². The third-order valence-corrected chi connectivity index (χ3v) is 4.10. The molecule has 0 radical (unpaired) electrons. The monoisotopic (exact) mass is 292 g/mol. The van der Waals surface area contributed by atoms with E-state index in [1.54, 1.807) is 6.92 Å². The largest absolute Gasteiger partial charge is 0.358 e. The second kappa shape index (κ2) is 8.10. The van der Waals surface area contributed by atoms with Crippen molar-refractivity contribution >= 4 is 5.97 Å². The lowest BCUT2D eigenvalue weighted by Gasteiger charge is -2.26. The zero-order valence-corrected chi connectivity index (χ0v) is 12.6. The summed E-state index contributed by atoms with van der Waals surface area (Å²) in [4.78, 5) is 22.2. The summed E-state index contributed by atoms with van der Waals surface area (Å²) in [7, 11) is 0. The molecule has 21 heavy (non-hydrogen) atoms. The van der Waals surface area contributed by atoms with Crippen molar-refractivity contribution in [1.82, 2.24) is 9.88 Å². The van der Waals surface area contributed by atoms with Gasteiger partial charge in [-0.1, -0.05) is 6.07 Å². The van der Waals surface area contributed by atoms with Crippen molar-refractivity contribution in [2.45, 2.75) is 51.5 Å². The number of pyridine rings is 1. The molecular formula is C16H24N2O3. The smallest absolute Gasteiger partial charge is 0.299 e. The van der Waals surface area contributed by atoms with Crippen molar-refractivity contribution in [3.63, 3.8) is 0 Å². The second-order valence-electron chi connectivity index (χ2n) is 5.66. The zero-order valence-electron chi connectivity index (χ0n) is 12.6. The summed E-state index contributed by atoms with van der Waals surface area (Å²) >= 11 is 0. The molecule has 0 aromatic carbocycles. The van der Waals surface area contributed by atoms with E-state index in [9.17, 15) is 4.79 Å². The van der Waals surface area contributed by atoms with Gasteiger partial charge in [-0.25, -0.2) is 4.79 Å². The van der Waals surface area contributed by atoms with E-state index < -0.39 is 12.0 Å². The molecule has 5 nitrogen and oxygen atoms in total. The standard InChI is InChI=1S/C16H24N2O3/c1-13(16(19)21-20)18-11-4-2-7-14-9-6-10-15(17-14)8-3-5-12-18/h6,9-10,13,20H,2-5,7-8,11-12H2,1H3. The topological polar surface area (TPSA) is 62.7 Å². The first-order valence-electron chi connectivity index (χ1n) is 7.75. The van der Waals surface area contributed by atoms with E-state index in [1.165, 1.54) is 0 Å². The van der Waals surface area contributed by atoms with E-state index in [-0.39, 0.29) is 0 Å². The fourth-order valence-corrected chi connectivity index (χ4v) is 2.77. The van der Waals surface area contributed by atoms with Crippen LogP contribution in [-0.4, -0.2) is 40.2 Å². The molecule has 1 aliphatic rings. The summed E-state index contributed by atoms with van der Waals surface area (Å²) in [5, 5.41) is 8.55. The molecule has 0 aliphatic carbocycles. The second-order valence-corrected chi connectivity index (χ2v) is 5.66. The van der Waals surface area contributed by atoms with E-state index in [0.717, 1.165) is 63.0 Å². The van der Waals surface area contributed by atoms with Crippen LogP contribution in [0.2, 0.25) is 0 Å². The van der Waals surface area contributed by atoms with Crippen molar-refractivity contribution in [1.29, 1.82) is 0 Å². The van der Waals surface area contributed by atoms with Crippen molar-refractivity contribution in [3.05, 3.63) is 29.6 Å². The third kappa shape index (κ3) is 4.79. The molecule has 0 saturated heterocycles. The third-order valence-electron chi connectivity index (χ3n) is 4.10. The molecule has 116 valence electrons. The van der Waals surface area contributed by atoms with Crippen LogP contribution in [0.1, 0.15) is 44.0 Å². The van der Waals surface area contributed by atoms with Crippen LogP contribution in [0.3, 0.4) is 0 Å². The van der Waals surface area contributed by atoms with Gasteiger partial charge in [-0.15, -0.1) is 0 Å². The van der Waals surface area contributed by atoms with Crippen molar-refractivity contribution < 1.29 is 14.9 Å². The van der Waals surface area contributed by atoms with Gasteiger partial charge in [-0.2, -0.15) is 5.26 Å². The summed E-state index contributed by atoms with van der Waals surface area (Å²) in [6.45, 7) is 3.47. The number of aryl methyl sites for hydroxylation is 2. The van der Waals surface area contributed by atoms with E-state index >= 15 is 0 Å². The molecule has 5 heteroatoms. The molecule has 0 saturated carbocycles. The highest BCUT2D eigenvalue weighted by Gasteiger charge is 2.22. The Balaban J connectivity index is 1.98. The fourth-order valence-electron chi connectivity index (χ4n) is 2.77. The Morgan fingerprint density at radius 3 is 2.29 bits per heavy atom. The molecular weight excluding hydrogens is 268 g/mol. The van der Waals surface area contributed by atoms with E-state index in [4.69, 9.17) is 5.26 Å². The lowest BCUT2D eigenvalue weighted by Crippen LogP contribution is -2.41. The summed E-state index contributed by atoms with van der Waals surface area (Å²) in [6.07, 6.45) is 6.06. The Labute approximate surface area is 125 Å². The van der Waals surface area contributed by atoms with Crippen molar-refractivity contribution in [2.24, 2.45) is 0 Å². The van der Waals surface area contributed by atoms with Crippen LogP contribution >= 0.6 is 0 Å². The number of carbonyl (C=O) groups is 1. The molecule has 0 fully saturated rings. The SMILES string of the molecule is CC(C(=O)OO)N1CCCCc2cccc(n2)CCCC1. The van der Waals surface area contributed by atoms with Gasteiger partial charge in [0, 0.05) is 11.4 Å². The van der Waals surface area contributed by atoms with E-state index in [1.807, 2.05) is 0 Å². The number of nitrogens with zero attached hydrogens (tertiary/aromatic N) is 2. The Hall–Kier alpha value is -1.46. The van der Waals surface area contributed by atoms with Gasteiger partial charge >= 0.3 is 5.97 Å². The number of hydrogen-bond donors (Lipinski definition) is 1. The first kappa shape index (κ1) is 15.9. The van der Waals surface area contributed by atoms with Crippen LogP contribution in [-0.2, 0) is 22.5 Å². The summed E-state index contributed by atoms with van der Waals surface area (Å²) in [5.41, 5.74) is 2.31.